The van der Waals surface area contributed by atoms with Crippen LogP contribution in [0.2, 0.25) is 0 Å². The van der Waals surface area contributed by atoms with Gasteiger partial charge in [-0.15, -0.1) is 0 Å². The van der Waals surface area contributed by atoms with Crippen molar-refractivity contribution < 1.29 is 14.6 Å². The van der Waals surface area contributed by atoms with Crippen LogP contribution < -0.4 is 4.74 Å². The number of aryl methyl sites for hydroxylation is 1. The second-order valence-electron chi connectivity index (χ2n) is 5.65. The summed E-state index contributed by atoms with van der Waals surface area (Å²) < 4.78 is 5.51. The molecule has 0 saturated carbocycles. The van der Waals surface area contributed by atoms with Gasteiger partial charge < -0.3 is 9.84 Å². The van der Waals surface area contributed by atoms with Crippen LogP contribution in [0, 0.1) is 6.92 Å². The van der Waals surface area contributed by atoms with E-state index in [1.807, 2.05) is 55.5 Å². The number of methoxy groups -OCH3 is 1. The van der Waals surface area contributed by atoms with E-state index < -0.39 is 0 Å². The molecule has 3 heteroatoms. The Morgan fingerprint density at radius 3 is 2.46 bits per heavy atom. The Labute approximate surface area is 141 Å². The molecule has 0 atom stereocenters. The first-order valence-corrected chi connectivity index (χ1v) is 7.66. The lowest BCUT2D eigenvalue weighted by molar-refractivity contribution is 0.112. The third kappa shape index (κ3) is 2.88. The molecule has 3 aromatic carbocycles. The summed E-state index contributed by atoms with van der Waals surface area (Å²) in [6.45, 7) is 2.00. The van der Waals surface area contributed by atoms with Gasteiger partial charge in [-0.3, -0.25) is 4.79 Å². The maximum absolute atomic E-state index is 11.3. The molecule has 0 unspecified atom stereocenters. The number of rotatable bonds is 4. The number of carbonyl (C=O) groups excluding carboxylic acids is 1. The van der Waals surface area contributed by atoms with E-state index in [9.17, 15) is 9.90 Å². The van der Waals surface area contributed by atoms with Crippen LogP contribution in [0.4, 0.5) is 0 Å². The molecule has 0 saturated heterocycles. The molecule has 1 N–H and O–H groups in total. The Hall–Kier alpha value is -3.07. The first-order valence-electron chi connectivity index (χ1n) is 7.66. The van der Waals surface area contributed by atoms with Crippen molar-refractivity contribution in [2.45, 2.75) is 6.92 Å². The summed E-state index contributed by atoms with van der Waals surface area (Å²) >= 11 is 0. The summed E-state index contributed by atoms with van der Waals surface area (Å²) in [6.07, 6.45) is 0.813. The first kappa shape index (κ1) is 15.8. The minimum Gasteiger partial charge on any atom is -0.507 e. The predicted molar refractivity (Wildman–Crippen MR) is 95.7 cm³/mol. The van der Waals surface area contributed by atoms with Crippen LogP contribution >= 0.6 is 0 Å². The number of ether oxygens (including phenoxy) is 1. The highest BCUT2D eigenvalue weighted by Crippen LogP contribution is 2.42. The van der Waals surface area contributed by atoms with Crippen molar-refractivity contribution in [1.82, 2.24) is 0 Å². The zero-order chi connectivity index (χ0) is 17.1. The van der Waals surface area contributed by atoms with Gasteiger partial charge in [0, 0.05) is 5.56 Å². The maximum atomic E-state index is 11.3. The molecule has 3 aromatic rings. The molecule has 0 heterocycles. The number of aldehydes is 1. The number of hydrogen-bond acceptors (Lipinski definition) is 3. The van der Waals surface area contributed by atoms with Crippen molar-refractivity contribution >= 4 is 6.29 Å². The van der Waals surface area contributed by atoms with Crippen LogP contribution in [0.3, 0.4) is 0 Å². The van der Waals surface area contributed by atoms with Crippen molar-refractivity contribution in [3.05, 3.63) is 71.8 Å². The maximum Gasteiger partial charge on any atom is 0.150 e. The lowest BCUT2D eigenvalue weighted by Crippen LogP contribution is -1.93. The molecule has 0 spiro atoms. The van der Waals surface area contributed by atoms with Gasteiger partial charge in [0.05, 0.1) is 12.7 Å². The number of phenols is 1. The topological polar surface area (TPSA) is 46.5 Å². The number of aromatic hydroxyl groups is 1. The third-order valence-corrected chi connectivity index (χ3v) is 4.01. The van der Waals surface area contributed by atoms with E-state index in [-0.39, 0.29) is 5.75 Å². The fourth-order valence-electron chi connectivity index (χ4n) is 2.87. The van der Waals surface area contributed by atoms with Gasteiger partial charge in [0.2, 0.25) is 0 Å². The minimum atomic E-state index is 0.121. The third-order valence-electron chi connectivity index (χ3n) is 4.01. The lowest BCUT2D eigenvalue weighted by atomic mass is 9.95. The van der Waals surface area contributed by atoms with Crippen molar-refractivity contribution in [3.63, 3.8) is 0 Å². The highest BCUT2D eigenvalue weighted by atomic mass is 16.5. The Kier molecular flexibility index (Phi) is 4.34. The summed E-state index contributed by atoms with van der Waals surface area (Å²) in [5.41, 5.74) is 4.71. The number of benzene rings is 3. The molecule has 0 fully saturated rings. The minimum absolute atomic E-state index is 0.121. The quantitative estimate of drug-likeness (QED) is 0.699. The Balaban J connectivity index is 2.20. The average Bonchev–Trinajstić information content (AvgIpc) is 2.60. The van der Waals surface area contributed by atoms with Crippen molar-refractivity contribution in [1.29, 1.82) is 0 Å². The molecule has 0 aliphatic carbocycles. The first-order chi connectivity index (χ1) is 11.6. The molecule has 0 aromatic heterocycles. The van der Waals surface area contributed by atoms with Gasteiger partial charge in [-0.05, 0) is 35.7 Å². The highest BCUT2D eigenvalue weighted by Gasteiger charge is 2.15. The highest BCUT2D eigenvalue weighted by molar-refractivity contribution is 5.90. The van der Waals surface area contributed by atoms with Gasteiger partial charge in [0.15, 0.2) is 6.29 Å². The smallest absolute Gasteiger partial charge is 0.150 e. The van der Waals surface area contributed by atoms with Crippen LogP contribution in [0.1, 0.15) is 15.9 Å². The van der Waals surface area contributed by atoms with Gasteiger partial charge in [0.25, 0.3) is 0 Å². The van der Waals surface area contributed by atoms with Crippen LogP contribution in [-0.4, -0.2) is 18.5 Å². The van der Waals surface area contributed by atoms with Gasteiger partial charge in [0.1, 0.15) is 11.5 Å². The normalized spacial score (nSPS) is 10.4. The molecule has 3 nitrogen and oxygen atoms in total. The SMILES string of the molecule is COc1cc(-c2ccccc2C=O)cc(O)c1-c1cccc(C)c1. The van der Waals surface area contributed by atoms with E-state index in [1.165, 1.54) is 0 Å². The Bertz CT molecular complexity index is 897. The van der Waals surface area contributed by atoms with Gasteiger partial charge in [-0.25, -0.2) is 0 Å². The number of carbonyl (C=O) groups is 1. The molecule has 0 radical (unpaired) electrons. The molecule has 120 valence electrons. The number of phenolic OH excluding ortho intramolecular Hbond substituents is 1. The second kappa shape index (κ2) is 6.59. The van der Waals surface area contributed by atoms with E-state index in [2.05, 4.69) is 0 Å². The predicted octanol–water partition coefficient (Wildman–Crippen LogP) is 4.86. The molecule has 0 bridgehead atoms. The molecular formula is C21H18O3. The molecule has 0 aliphatic rings. The van der Waals surface area contributed by atoms with Crippen LogP contribution in [0.5, 0.6) is 11.5 Å². The Morgan fingerprint density at radius 2 is 1.75 bits per heavy atom. The summed E-state index contributed by atoms with van der Waals surface area (Å²) in [5.74, 6) is 0.687. The van der Waals surface area contributed by atoms with E-state index in [4.69, 9.17) is 4.74 Å². The van der Waals surface area contributed by atoms with Crippen LogP contribution in [0.25, 0.3) is 22.3 Å². The van der Waals surface area contributed by atoms with Gasteiger partial charge in [-0.1, -0.05) is 54.1 Å². The molecule has 0 aliphatic heterocycles. The fourth-order valence-corrected chi connectivity index (χ4v) is 2.87. The molecular weight excluding hydrogens is 300 g/mol. The van der Waals surface area contributed by atoms with E-state index >= 15 is 0 Å². The monoisotopic (exact) mass is 318 g/mol. The summed E-state index contributed by atoms with van der Waals surface area (Å²) in [7, 11) is 1.57. The second-order valence-corrected chi connectivity index (χ2v) is 5.65. The summed E-state index contributed by atoms with van der Waals surface area (Å²) in [5, 5.41) is 10.6. The van der Waals surface area contributed by atoms with Crippen molar-refractivity contribution in [2.75, 3.05) is 7.11 Å². The fraction of sp³-hybridized carbons (Fsp3) is 0.0952. The number of hydrogen-bond donors (Lipinski definition) is 1. The standard InChI is InChI=1S/C21H18O3/c1-14-6-5-8-15(10-14)21-19(23)11-17(12-20(21)24-2)18-9-4-3-7-16(18)13-22/h3-13,23H,1-2H3. The van der Waals surface area contributed by atoms with E-state index in [0.29, 0.717) is 16.9 Å². The lowest BCUT2D eigenvalue weighted by Gasteiger charge is -2.14. The summed E-state index contributed by atoms with van der Waals surface area (Å²) in [6, 6.07) is 18.7. The molecule has 24 heavy (non-hydrogen) atoms. The molecule has 0 amide bonds. The average molecular weight is 318 g/mol. The van der Waals surface area contributed by atoms with Crippen LogP contribution in [0.15, 0.2) is 60.7 Å². The van der Waals surface area contributed by atoms with E-state index in [1.54, 1.807) is 19.2 Å². The van der Waals surface area contributed by atoms with Crippen molar-refractivity contribution in [3.8, 4) is 33.8 Å². The zero-order valence-electron chi connectivity index (χ0n) is 13.6. The largest absolute Gasteiger partial charge is 0.507 e. The van der Waals surface area contributed by atoms with Gasteiger partial charge in [-0.2, -0.15) is 0 Å². The van der Waals surface area contributed by atoms with Crippen LogP contribution in [-0.2, 0) is 0 Å². The van der Waals surface area contributed by atoms with Crippen molar-refractivity contribution in [2.24, 2.45) is 0 Å². The zero-order valence-corrected chi connectivity index (χ0v) is 13.6. The molecule has 3 rings (SSSR count). The summed E-state index contributed by atoms with van der Waals surface area (Å²) in [4.78, 5) is 11.3. The van der Waals surface area contributed by atoms with E-state index in [0.717, 1.165) is 28.5 Å². The van der Waals surface area contributed by atoms with Gasteiger partial charge >= 0.3 is 0 Å². The Morgan fingerprint density at radius 1 is 0.958 bits per heavy atom.